The van der Waals surface area contributed by atoms with Gasteiger partial charge in [0.1, 0.15) is 5.82 Å². The number of hydrogen-bond donors (Lipinski definition) is 1. The lowest BCUT2D eigenvalue weighted by Gasteiger charge is -2.12. The second-order valence-electron chi connectivity index (χ2n) is 4.12. The zero-order chi connectivity index (χ0) is 12.4. The van der Waals surface area contributed by atoms with Gasteiger partial charge in [0.25, 0.3) is 5.91 Å². The van der Waals surface area contributed by atoms with E-state index in [0.717, 1.165) is 6.42 Å². The fraction of sp³-hybridized carbons (Fsp3) is 0.417. The monoisotopic (exact) mass is 301 g/mol. The third kappa shape index (κ3) is 2.84. The molecule has 0 saturated carbocycles. The van der Waals surface area contributed by atoms with Crippen LogP contribution in [-0.4, -0.2) is 25.2 Å². The van der Waals surface area contributed by atoms with Crippen LogP contribution in [0.15, 0.2) is 16.6 Å². The lowest BCUT2D eigenvalue weighted by molar-refractivity contribution is 0.0929. The van der Waals surface area contributed by atoms with Crippen molar-refractivity contribution in [1.29, 1.82) is 0 Å². The zero-order valence-corrected chi connectivity index (χ0v) is 11.0. The van der Waals surface area contributed by atoms with Gasteiger partial charge in [0.15, 0.2) is 0 Å². The van der Waals surface area contributed by atoms with Crippen molar-refractivity contribution in [2.45, 2.75) is 19.4 Å². The molecule has 1 amide bonds. The minimum Gasteiger partial charge on any atom is -0.379 e. The van der Waals surface area contributed by atoms with Crippen LogP contribution in [0.25, 0.3) is 0 Å². The van der Waals surface area contributed by atoms with E-state index in [2.05, 4.69) is 21.2 Å². The van der Waals surface area contributed by atoms with Gasteiger partial charge >= 0.3 is 0 Å². The maximum absolute atomic E-state index is 13.2. The van der Waals surface area contributed by atoms with Gasteiger partial charge in [-0.05, 0) is 47.0 Å². The Morgan fingerprint density at radius 3 is 3.00 bits per heavy atom. The van der Waals surface area contributed by atoms with E-state index in [0.29, 0.717) is 28.8 Å². The molecular formula is C12H13BrFNO2. The van der Waals surface area contributed by atoms with Crippen molar-refractivity contribution in [2.75, 3.05) is 13.2 Å². The largest absolute Gasteiger partial charge is 0.379 e. The number of aryl methyl sites for hydroxylation is 1. The van der Waals surface area contributed by atoms with Gasteiger partial charge in [-0.25, -0.2) is 4.39 Å². The average Bonchev–Trinajstić information content (AvgIpc) is 2.76. The standard InChI is InChI=1S/C12H13BrFNO2/c1-7-4-9(10(13)5-11(7)14)12(16)15-8-2-3-17-6-8/h4-5,8H,2-3,6H2,1H3,(H,15,16). The molecule has 1 saturated heterocycles. The van der Waals surface area contributed by atoms with Crippen LogP contribution in [-0.2, 0) is 4.74 Å². The summed E-state index contributed by atoms with van der Waals surface area (Å²) in [4.78, 5) is 12.0. The Bertz CT molecular complexity index is 444. The molecule has 17 heavy (non-hydrogen) atoms. The summed E-state index contributed by atoms with van der Waals surface area (Å²) in [7, 11) is 0. The molecule has 1 aliphatic heterocycles. The van der Waals surface area contributed by atoms with Crippen molar-refractivity contribution in [3.8, 4) is 0 Å². The number of halogens is 2. The first-order chi connectivity index (χ1) is 8.08. The van der Waals surface area contributed by atoms with Crippen molar-refractivity contribution in [3.63, 3.8) is 0 Å². The molecule has 1 aromatic rings. The summed E-state index contributed by atoms with van der Waals surface area (Å²) in [5.74, 6) is -0.520. The minimum atomic E-state index is -0.322. The first kappa shape index (κ1) is 12.5. The Morgan fingerprint density at radius 2 is 2.35 bits per heavy atom. The van der Waals surface area contributed by atoms with Crippen LogP contribution in [0.5, 0.6) is 0 Å². The zero-order valence-electron chi connectivity index (χ0n) is 9.43. The summed E-state index contributed by atoms with van der Waals surface area (Å²) in [6, 6.07) is 2.92. The second-order valence-corrected chi connectivity index (χ2v) is 4.97. The smallest absolute Gasteiger partial charge is 0.252 e. The van der Waals surface area contributed by atoms with Crippen LogP contribution in [0, 0.1) is 12.7 Å². The lowest BCUT2D eigenvalue weighted by atomic mass is 10.1. The average molecular weight is 302 g/mol. The highest BCUT2D eigenvalue weighted by molar-refractivity contribution is 9.10. The minimum absolute atomic E-state index is 0.0553. The normalized spacial score (nSPS) is 19.4. The summed E-state index contributed by atoms with van der Waals surface area (Å²) < 4.78 is 18.9. The van der Waals surface area contributed by atoms with E-state index in [-0.39, 0.29) is 17.8 Å². The van der Waals surface area contributed by atoms with Crippen molar-refractivity contribution in [1.82, 2.24) is 5.32 Å². The maximum Gasteiger partial charge on any atom is 0.252 e. The number of nitrogens with one attached hydrogen (secondary N) is 1. The number of hydrogen-bond acceptors (Lipinski definition) is 2. The van der Waals surface area contributed by atoms with Crippen LogP contribution in [0.2, 0.25) is 0 Å². The van der Waals surface area contributed by atoms with E-state index in [9.17, 15) is 9.18 Å². The molecule has 0 radical (unpaired) electrons. The van der Waals surface area contributed by atoms with E-state index in [4.69, 9.17) is 4.74 Å². The van der Waals surface area contributed by atoms with Crippen molar-refractivity contribution < 1.29 is 13.9 Å². The van der Waals surface area contributed by atoms with Crippen LogP contribution in [0.4, 0.5) is 4.39 Å². The highest BCUT2D eigenvalue weighted by Gasteiger charge is 2.20. The molecule has 1 aromatic carbocycles. The fourth-order valence-electron chi connectivity index (χ4n) is 1.74. The Labute approximate surface area is 107 Å². The van der Waals surface area contributed by atoms with E-state index in [1.165, 1.54) is 6.07 Å². The molecule has 0 bridgehead atoms. The van der Waals surface area contributed by atoms with Gasteiger partial charge in [-0.1, -0.05) is 0 Å². The van der Waals surface area contributed by atoms with Gasteiger partial charge in [0.2, 0.25) is 0 Å². The van der Waals surface area contributed by atoms with Gasteiger partial charge < -0.3 is 10.1 Å². The van der Waals surface area contributed by atoms with Gasteiger partial charge in [-0.15, -0.1) is 0 Å². The number of rotatable bonds is 2. The van der Waals surface area contributed by atoms with E-state index in [1.807, 2.05) is 0 Å². The Balaban J connectivity index is 2.15. The molecule has 0 aromatic heterocycles. The number of benzene rings is 1. The molecule has 1 fully saturated rings. The molecule has 3 nitrogen and oxygen atoms in total. The van der Waals surface area contributed by atoms with Gasteiger partial charge in [0, 0.05) is 11.1 Å². The summed E-state index contributed by atoms with van der Waals surface area (Å²) >= 11 is 3.20. The third-order valence-electron chi connectivity index (χ3n) is 2.76. The maximum atomic E-state index is 13.2. The molecule has 1 aliphatic rings. The number of ether oxygens (including phenoxy) is 1. The molecule has 1 unspecified atom stereocenters. The van der Waals surface area contributed by atoms with Crippen LogP contribution >= 0.6 is 15.9 Å². The highest BCUT2D eigenvalue weighted by atomic mass is 79.9. The summed E-state index contributed by atoms with van der Waals surface area (Å²) in [5.41, 5.74) is 0.914. The predicted octanol–water partition coefficient (Wildman–Crippen LogP) is 2.42. The second kappa shape index (κ2) is 5.14. The lowest BCUT2D eigenvalue weighted by Crippen LogP contribution is -2.35. The Kier molecular flexibility index (Phi) is 3.79. The molecule has 0 spiro atoms. The fourth-order valence-corrected chi connectivity index (χ4v) is 2.24. The van der Waals surface area contributed by atoms with Crippen LogP contribution < -0.4 is 5.32 Å². The molecule has 1 N–H and O–H groups in total. The molecule has 0 aliphatic carbocycles. The third-order valence-corrected chi connectivity index (χ3v) is 3.41. The summed E-state index contributed by atoms with van der Waals surface area (Å²) in [6.07, 6.45) is 0.823. The van der Waals surface area contributed by atoms with Crippen molar-refractivity contribution in [3.05, 3.63) is 33.5 Å². The first-order valence-corrected chi connectivity index (χ1v) is 6.21. The summed E-state index contributed by atoms with van der Waals surface area (Å²) in [5, 5.41) is 2.87. The predicted molar refractivity (Wildman–Crippen MR) is 65.5 cm³/mol. The first-order valence-electron chi connectivity index (χ1n) is 5.42. The van der Waals surface area contributed by atoms with Gasteiger partial charge in [0.05, 0.1) is 18.2 Å². The van der Waals surface area contributed by atoms with E-state index >= 15 is 0 Å². The highest BCUT2D eigenvalue weighted by Crippen LogP contribution is 2.21. The topological polar surface area (TPSA) is 38.3 Å². The molecule has 1 heterocycles. The van der Waals surface area contributed by atoms with E-state index < -0.39 is 0 Å². The Morgan fingerprint density at radius 1 is 1.59 bits per heavy atom. The number of carbonyl (C=O) groups is 1. The molecule has 1 atom stereocenters. The number of amides is 1. The SMILES string of the molecule is Cc1cc(C(=O)NC2CCOC2)c(Br)cc1F. The van der Waals surface area contributed by atoms with Gasteiger partial charge in [-0.2, -0.15) is 0 Å². The van der Waals surface area contributed by atoms with Gasteiger partial charge in [-0.3, -0.25) is 4.79 Å². The van der Waals surface area contributed by atoms with Crippen LogP contribution in [0.1, 0.15) is 22.3 Å². The van der Waals surface area contributed by atoms with Crippen molar-refractivity contribution in [2.24, 2.45) is 0 Å². The summed E-state index contributed by atoms with van der Waals surface area (Å²) in [6.45, 7) is 2.86. The molecule has 5 heteroatoms. The van der Waals surface area contributed by atoms with Crippen molar-refractivity contribution >= 4 is 21.8 Å². The quantitative estimate of drug-likeness (QED) is 0.911. The Hall–Kier alpha value is -0.940. The van der Waals surface area contributed by atoms with Crippen LogP contribution in [0.3, 0.4) is 0 Å². The molecular weight excluding hydrogens is 289 g/mol. The molecule has 2 rings (SSSR count). The molecule has 92 valence electrons. The number of carbonyl (C=O) groups excluding carboxylic acids is 1. The van der Waals surface area contributed by atoms with E-state index in [1.54, 1.807) is 13.0 Å².